The van der Waals surface area contributed by atoms with Crippen LogP contribution in [0, 0.1) is 12.8 Å². The summed E-state index contributed by atoms with van der Waals surface area (Å²) in [6, 6.07) is 11.9. The number of aromatic nitrogens is 3. The van der Waals surface area contributed by atoms with Gasteiger partial charge >= 0.3 is 0 Å². The molecular weight excluding hydrogens is 414 g/mol. The molecule has 1 amide bonds. The maximum absolute atomic E-state index is 13.7. The number of nitrogens with zero attached hydrogens (tertiary/aromatic N) is 5. The summed E-state index contributed by atoms with van der Waals surface area (Å²) in [6.45, 7) is 5.49. The van der Waals surface area contributed by atoms with Crippen LogP contribution in [0.15, 0.2) is 47.4 Å². The highest BCUT2D eigenvalue weighted by Crippen LogP contribution is 2.24. The lowest BCUT2D eigenvalue weighted by atomic mass is 9.95. The number of anilines is 1. The Morgan fingerprint density at radius 1 is 1.03 bits per heavy atom. The van der Waals surface area contributed by atoms with E-state index in [9.17, 15) is 9.59 Å². The second kappa shape index (κ2) is 9.33. The standard InChI is InChI=1S/C26H31N5O2/c1-19-9-11-20(12-10-19)17-31-23-22(8-5-13-27-23)28-24(26(31)33)30-16-6-7-21(18-30)25(32)29-14-3-2-4-15-29/h5,8-13,21H,2-4,6-7,14-18H2,1H3. The van der Waals surface area contributed by atoms with E-state index in [0.29, 0.717) is 30.1 Å². The van der Waals surface area contributed by atoms with E-state index >= 15 is 0 Å². The van der Waals surface area contributed by atoms with Gasteiger partial charge in [-0.05, 0) is 56.7 Å². The van der Waals surface area contributed by atoms with E-state index in [0.717, 1.165) is 50.9 Å². The highest BCUT2D eigenvalue weighted by molar-refractivity contribution is 5.80. The van der Waals surface area contributed by atoms with Gasteiger partial charge in [-0.1, -0.05) is 29.8 Å². The van der Waals surface area contributed by atoms with Gasteiger partial charge in [-0.25, -0.2) is 9.97 Å². The summed E-state index contributed by atoms with van der Waals surface area (Å²) in [5.74, 6) is 0.591. The normalized spacial score (nSPS) is 19.1. The van der Waals surface area contributed by atoms with Crippen molar-refractivity contribution in [3.8, 4) is 0 Å². The lowest BCUT2D eigenvalue weighted by Gasteiger charge is -2.36. The van der Waals surface area contributed by atoms with Gasteiger partial charge in [-0.2, -0.15) is 0 Å². The Kier molecular flexibility index (Phi) is 6.11. The third-order valence-electron chi connectivity index (χ3n) is 6.88. The molecule has 2 saturated heterocycles. The zero-order valence-electron chi connectivity index (χ0n) is 19.2. The number of amides is 1. The van der Waals surface area contributed by atoms with Crippen molar-refractivity contribution >= 4 is 22.9 Å². The highest BCUT2D eigenvalue weighted by atomic mass is 16.2. The molecule has 0 aliphatic carbocycles. The van der Waals surface area contributed by atoms with Crippen LogP contribution in [0.4, 0.5) is 5.82 Å². The van der Waals surface area contributed by atoms with Gasteiger partial charge in [0.2, 0.25) is 5.91 Å². The molecule has 2 aromatic heterocycles. The minimum atomic E-state index is -0.146. The predicted molar refractivity (Wildman–Crippen MR) is 129 cm³/mol. The number of piperidine rings is 2. The third kappa shape index (κ3) is 4.49. The summed E-state index contributed by atoms with van der Waals surface area (Å²) in [5.41, 5.74) is 3.37. The lowest BCUT2D eigenvalue weighted by Crippen LogP contribution is -2.48. The molecule has 1 aromatic carbocycles. The molecule has 7 heteroatoms. The molecule has 2 aliphatic rings. The first kappa shape index (κ1) is 21.6. The minimum Gasteiger partial charge on any atom is -0.351 e. The summed E-state index contributed by atoms with van der Waals surface area (Å²) in [4.78, 5) is 40.0. The van der Waals surface area contributed by atoms with Gasteiger partial charge in [0.15, 0.2) is 11.5 Å². The first-order valence-electron chi connectivity index (χ1n) is 12.0. The molecule has 4 heterocycles. The smallest absolute Gasteiger partial charge is 0.295 e. The Balaban J connectivity index is 1.47. The van der Waals surface area contributed by atoms with Gasteiger partial charge in [0.25, 0.3) is 5.56 Å². The van der Waals surface area contributed by atoms with Crippen LogP contribution >= 0.6 is 0 Å². The van der Waals surface area contributed by atoms with E-state index in [1.54, 1.807) is 10.8 Å². The molecule has 0 saturated carbocycles. The summed E-state index contributed by atoms with van der Waals surface area (Å²) in [6.07, 6.45) is 6.84. The minimum absolute atomic E-state index is 0.0757. The van der Waals surface area contributed by atoms with E-state index in [4.69, 9.17) is 4.98 Å². The molecule has 7 nitrogen and oxygen atoms in total. The van der Waals surface area contributed by atoms with Crippen molar-refractivity contribution in [1.29, 1.82) is 0 Å². The second-order valence-corrected chi connectivity index (χ2v) is 9.33. The van der Waals surface area contributed by atoms with Gasteiger partial charge < -0.3 is 9.80 Å². The highest BCUT2D eigenvalue weighted by Gasteiger charge is 2.31. The van der Waals surface area contributed by atoms with Crippen molar-refractivity contribution in [2.75, 3.05) is 31.1 Å². The van der Waals surface area contributed by atoms with Crippen LogP contribution in [0.5, 0.6) is 0 Å². The number of likely N-dealkylation sites (tertiary alicyclic amines) is 1. The number of pyridine rings is 1. The number of rotatable bonds is 4. The average molecular weight is 446 g/mol. The number of carbonyl (C=O) groups is 1. The maximum Gasteiger partial charge on any atom is 0.295 e. The summed E-state index contributed by atoms with van der Waals surface area (Å²) in [7, 11) is 0. The van der Waals surface area contributed by atoms with Gasteiger partial charge in [-0.3, -0.25) is 14.2 Å². The quantitative estimate of drug-likeness (QED) is 0.616. The first-order chi connectivity index (χ1) is 16.1. The largest absolute Gasteiger partial charge is 0.351 e. The Morgan fingerprint density at radius 3 is 2.61 bits per heavy atom. The van der Waals surface area contributed by atoms with Crippen LogP contribution in [0.25, 0.3) is 11.2 Å². The van der Waals surface area contributed by atoms with Crippen molar-refractivity contribution in [1.82, 2.24) is 19.4 Å². The van der Waals surface area contributed by atoms with Crippen molar-refractivity contribution < 1.29 is 4.79 Å². The zero-order chi connectivity index (χ0) is 22.8. The molecule has 33 heavy (non-hydrogen) atoms. The van der Waals surface area contributed by atoms with Gasteiger partial charge in [0.05, 0.1) is 12.5 Å². The first-order valence-corrected chi connectivity index (χ1v) is 12.0. The average Bonchev–Trinajstić information content (AvgIpc) is 2.87. The number of aryl methyl sites for hydroxylation is 1. The Hall–Kier alpha value is -3.22. The van der Waals surface area contributed by atoms with E-state index in [-0.39, 0.29) is 17.4 Å². The number of carbonyl (C=O) groups excluding carboxylic acids is 1. The maximum atomic E-state index is 13.7. The topological polar surface area (TPSA) is 71.3 Å². The molecule has 2 aliphatic heterocycles. The fourth-order valence-corrected chi connectivity index (χ4v) is 5.03. The van der Waals surface area contributed by atoms with Crippen molar-refractivity contribution in [3.05, 3.63) is 64.1 Å². The molecule has 1 unspecified atom stereocenters. The molecule has 0 bridgehead atoms. The monoisotopic (exact) mass is 445 g/mol. The SMILES string of the molecule is Cc1ccc(Cn2c(=O)c(N3CCCC(C(=O)N4CCCCC4)C3)nc3cccnc32)cc1. The Morgan fingerprint density at radius 2 is 1.82 bits per heavy atom. The molecule has 172 valence electrons. The molecule has 2 fully saturated rings. The molecule has 0 N–H and O–H groups in total. The number of hydrogen-bond acceptors (Lipinski definition) is 5. The summed E-state index contributed by atoms with van der Waals surface area (Å²) in [5, 5.41) is 0. The van der Waals surface area contributed by atoms with E-state index in [2.05, 4.69) is 24.0 Å². The van der Waals surface area contributed by atoms with E-state index < -0.39 is 0 Å². The predicted octanol–water partition coefficient (Wildman–Crippen LogP) is 3.38. The molecule has 0 radical (unpaired) electrons. The van der Waals surface area contributed by atoms with Crippen LogP contribution < -0.4 is 10.5 Å². The molecule has 3 aromatic rings. The number of benzene rings is 1. The number of fused-ring (bicyclic) bond motifs is 1. The molecule has 0 spiro atoms. The Bertz CT molecular complexity index is 1200. The molecule has 5 rings (SSSR count). The van der Waals surface area contributed by atoms with Crippen LogP contribution in [0.1, 0.15) is 43.2 Å². The fraction of sp³-hybridized carbons (Fsp3) is 0.462. The molecule has 1 atom stereocenters. The van der Waals surface area contributed by atoms with Gasteiger partial charge in [0, 0.05) is 32.4 Å². The molecular formula is C26H31N5O2. The van der Waals surface area contributed by atoms with E-state index in [1.165, 1.54) is 12.0 Å². The van der Waals surface area contributed by atoms with Crippen molar-refractivity contribution in [3.63, 3.8) is 0 Å². The van der Waals surface area contributed by atoms with Crippen molar-refractivity contribution in [2.45, 2.75) is 45.6 Å². The summed E-state index contributed by atoms with van der Waals surface area (Å²) < 4.78 is 1.72. The van der Waals surface area contributed by atoms with Gasteiger partial charge in [0.1, 0.15) is 5.52 Å². The van der Waals surface area contributed by atoms with Crippen LogP contribution in [0.2, 0.25) is 0 Å². The fourth-order valence-electron chi connectivity index (χ4n) is 5.03. The van der Waals surface area contributed by atoms with E-state index in [1.807, 2.05) is 34.1 Å². The second-order valence-electron chi connectivity index (χ2n) is 9.33. The van der Waals surface area contributed by atoms with Crippen LogP contribution in [0.3, 0.4) is 0 Å². The summed E-state index contributed by atoms with van der Waals surface area (Å²) >= 11 is 0. The third-order valence-corrected chi connectivity index (χ3v) is 6.88. The van der Waals surface area contributed by atoms with Crippen LogP contribution in [-0.2, 0) is 11.3 Å². The Labute approximate surface area is 194 Å². The van der Waals surface area contributed by atoms with Gasteiger partial charge in [-0.15, -0.1) is 0 Å². The lowest BCUT2D eigenvalue weighted by molar-refractivity contribution is -0.136. The zero-order valence-corrected chi connectivity index (χ0v) is 19.2. The number of hydrogen-bond donors (Lipinski definition) is 0. The van der Waals surface area contributed by atoms with Crippen LogP contribution in [-0.4, -0.2) is 51.5 Å². The van der Waals surface area contributed by atoms with Crippen molar-refractivity contribution in [2.24, 2.45) is 5.92 Å².